The highest BCUT2D eigenvalue weighted by molar-refractivity contribution is 5.87. The molecule has 1 saturated heterocycles. The highest BCUT2D eigenvalue weighted by Gasteiger charge is 2.33. The normalized spacial score (nSPS) is 21.6. The number of amides is 2. The van der Waals surface area contributed by atoms with E-state index in [1.807, 2.05) is 24.3 Å². The summed E-state index contributed by atoms with van der Waals surface area (Å²) in [6, 6.07) is 13.8. The van der Waals surface area contributed by atoms with Crippen molar-refractivity contribution in [2.45, 2.75) is 38.0 Å². The van der Waals surface area contributed by atoms with Crippen LogP contribution >= 0.6 is 0 Å². The molecule has 0 spiro atoms. The first-order valence-corrected chi connectivity index (χ1v) is 10.3. The molecule has 0 saturated carbocycles. The molecule has 0 bridgehead atoms. The molecule has 2 aromatic rings. The van der Waals surface area contributed by atoms with Gasteiger partial charge in [0, 0.05) is 43.7 Å². The zero-order chi connectivity index (χ0) is 21.1. The molecule has 1 unspecified atom stereocenters. The summed E-state index contributed by atoms with van der Waals surface area (Å²) in [6.07, 6.45) is 1.21. The quantitative estimate of drug-likeness (QED) is 0.821. The Balaban J connectivity index is 1.50. The Morgan fingerprint density at radius 3 is 2.70 bits per heavy atom. The standard InChI is InChI=1S/C23H26FN3O3/c24-18-8-3-2-7-17(18)21-15-26(14-16-6-1-4-10-20(16)30-21)13-11-22(28)27-12-5-9-19(27)23(25)29/h1-4,6-8,10,19,21H,5,9,11-15H2,(H2,25,29)/t19-,21?/m0/s1. The smallest absolute Gasteiger partial charge is 0.240 e. The number of hydrogen-bond acceptors (Lipinski definition) is 4. The van der Waals surface area contributed by atoms with E-state index in [1.54, 1.807) is 23.1 Å². The number of nitrogens with zero attached hydrogens (tertiary/aromatic N) is 2. The molecule has 0 aromatic heterocycles. The van der Waals surface area contributed by atoms with Crippen LogP contribution in [0, 0.1) is 5.82 Å². The van der Waals surface area contributed by atoms with Gasteiger partial charge in [0.2, 0.25) is 11.8 Å². The lowest BCUT2D eigenvalue weighted by atomic mass is 10.1. The van der Waals surface area contributed by atoms with Crippen LogP contribution in [0.5, 0.6) is 5.75 Å². The zero-order valence-corrected chi connectivity index (χ0v) is 16.8. The van der Waals surface area contributed by atoms with Gasteiger partial charge in [-0.3, -0.25) is 14.5 Å². The molecule has 2 aliphatic heterocycles. The van der Waals surface area contributed by atoms with E-state index in [0.717, 1.165) is 17.7 Å². The Morgan fingerprint density at radius 2 is 1.90 bits per heavy atom. The molecular weight excluding hydrogens is 385 g/mol. The van der Waals surface area contributed by atoms with E-state index >= 15 is 0 Å². The van der Waals surface area contributed by atoms with Crippen LogP contribution in [-0.4, -0.2) is 47.3 Å². The maximum Gasteiger partial charge on any atom is 0.240 e. The van der Waals surface area contributed by atoms with Crippen LogP contribution in [0.1, 0.15) is 36.5 Å². The predicted octanol–water partition coefficient (Wildman–Crippen LogP) is 2.63. The van der Waals surface area contributed by atoms with Crippen molar-refractivity contribution >= 4 is 11.8 Å². The summed E-state index contributed by atoms with van der Waals surface area (Å²) in [5.41, 5.74) is 6.94. The number of rotatable bonds is 5. The molecule has 2 heterocycles. The third-order valence-corrected chi connectivity index (χ3v) is 5.86. The monoisotopic (exact) mass is 411 g/mol. The van der Waals surface area contributed by atoms with Crippen molar-refractivity contribution in [3.63, 3.8) is 0 Å². The van der Waals surface area contributed by atoms with Crippen molar-refractivity contribution in [1.82, 2.24) is 9.80 Å². The van der Waals surface area contributed by atoms with E-state index in [-0.39, 0.29) is 18.1 Å². The van der Waals surface area contributed by atoms with E-state index in [9.17, 15) is 14.0 Å². The fraction of sp³-hybridized carbons (Fsp3) is 0.391. The molecule has 7 heteroatoms. The lowest BCUT2D eigenvalue weighted by Gasteiger charge is -2.26. The summed E-state index contributed by atoms with van der Waals surface area (Å²) in [4.78, 5) is 28.0. The molecule has 2 aromatic carbocycles. The lowest BCUT2D eigenvalue weighted by Crippen LogP contribution is -2.44. The summed E-state index contributed by atoms with van der Waals surface area (Å²) >= 11 is 0. The van der Waals surface area contributed by atoms with Crippen molar-refractivity contribution in [2.24, 2.45) is 5.73 Å². The van der Waals surface area contributed by atoms with E-state index in [4.69, 9.17) is 10.5 Å². The summed E-state index contributed by atoms with van der Waals surface area (Å²) in [7, 11) is 0. The van der Waals surface area contributed by atoms with Gasteiger partial charge in [0.05, 0.1) is 0 Å². The number of benzene rings is 2. The van der Waals surface area contributed by atoms with E-state index in [0.29, 0.717) is 38.2 Å². The molecule has 6 nitrogen and oxygen atoms in total. The van der Waals surface area contributed by atoms with Gasteiger partial charge in [0.1, 0.15) is 23.7 Å². The summed E-state index contributed by atoms with van der Waals surface area (Å²) in [5, 5.41) is 0. The summed E-state index contributed by atoms with van der Waals surface area (Å²) < 4.78 is 20.6. The Bertz CT molecular complexity index is 935. The molecule has 2 aliphatic rings. The van der Waals surface area contributed by atoms with E-state index < -0.39 is 18.1 Å². The first kappa shape index (κ1) is 20.3. The van der Waals surface area contributed by atoms with Crippen molar-refractivity contribution in [3.8, 4) is 5.75 Å². The number of carbonyl (C=O) groups excluding carboxylic acids is 2. The number of hydrogen-bond donors (Lipinski definition) is 1. The molecular formula is C23H26FN3O3. The number of ether oxygens (including phenoxy) is 1. The fourth-order valence-electron chi connectivity index (χ4n) is 4.31. The maximum absolute atomic E-state index is 14.4. The minimum absolute atomic E-state index is 0.0720. The van der Waals surface area contributed by atoms with Gasteiger partial charge in [-0.05, 0) is 25.0 Å². The van der Waals surface area contributed by atoms with Crippen LogP contribution in [-0.2, 0) is 16.1 Å². The molecule has 158 valence electrons. The van der Waals surface area contributed by atoms with Crippen LogP contribution in [0.3, 0.4) is 0 Å². The SMILES string of the molecule is NC(=O)[C@@H]1CCCN1C(=O)CCN1Cc2ccccc2OC(c2ccccc2F)C1. The minimum atomic E-state index is -0.503. The number of para-hydroxylation sites is 1. The second kappa shape index (κ2) is 8.83. The van der Waals surface area contributed by atoms with Gasteiger partial charge in [-0.15, -0.1) is 0 Å². The van der Waals surface area contributed by atoms with E-state index in [2.05, 4.69) is 4.90 Å². The van der Waals surface area contributed by atoms with Crippen LogP contribution in [0.25, 0.3) is 0 Å². The molecule has 2 amide bonds. The van der Waals surface area contributed by atoms with Crippen LogP contribution in [0.2, 0.25) is 0 Å². The van der Waals surface area contributed by atoms with Crippen molar-refractivity contribution < 1.29 is 18.7 Å². The number of likely N-dealkylation sites (tertiary alicyclic amines) is 1. The molecule has 4 rings (SSSR count). The van der Waals surface area contributed by atoms with E-state index in [1.165, 1.54) is 6.07 Å². The average molecular weight is 411 g/mol. The van der Waals surface area contributed by atoms with Gasteiger partial charge in [-0.25, -0.2) is 4.39 Å². The number of nitrogens with two attached hydrogens (primary N) is 1. The number of primary amides is 1. The summed E-state index contributed by atoms with van der Waals surface area (Å²) in [5.74, 6) is -0.0954. The van der Waals surface area contributed by atoms with Gasteiger partial charge in [-0.2, -0.15) is 0 Å². The second-order valence-electron chi connectivity index (χ2n) is 7.87. The predicted molar refractivity (Wildman–Crippen MR) is 110 cm³/mol. The molecule has 0 radical (unpaired) electrons. The fourth-order valence-corrected chi connectivity index (χ4v) is 4.31. The highest BCUT2D eigenvalue weighted by Crippen LogP contribution is 2.32. The molecule has 2 atom stereocenters. The third kappa shape index (κ3) is 4.31. The minimum Gasteiger partial charge on any atom is -0.484 e. The average Bonchev–Trinajstić information content (AvgIpc) is 3.16. The topological polar surface area (TPSA) is 75.9 Å². The van der Waals surface area contributed by atoms with Crippen molar-refractivity contribution in [1.29, 1.82) is 0 Å². The first-order valence-electron chi connectivity index (χ1n) is 10.3. The Hall–Kier alpha value is -2.93. The molecule has 1 fully saturated rings. The van der Waals surface area contributed by atoms with Gasteiger partial charge < -0.3 is 15.4 Å². The second-order valence-corrected chi connectivity index (χ2v) is 7.87. The lowest BCUT2D eigenvalue weighted by molar-refractivity contribution is -0.137. The Kier molecular flexibility index (Phi) is 5.99. The molecule has 30 heavy (non-hydrogen) atoms. The first-order chi connectivity index (χ1) is 14.5. The number of halogens is 1. The third-order valence-electron chi connectivity index (χ3n) is 5.86. The van der Waals surface area contributed by atoms with Gasteiger partial charge in [-0.1, -0.05) is 36.4 Å². The van der Waals surface area contributed by atoms with Crippen LogP contribution in [0.4, 0.5) is 4.39 Å². The van der Waals surface area contributed by atoms with Gasteiger partial charge in [0.15, 0.2) is 0 Å². The Morgan fingerprint density at radius 1 is 1.13 bits per heavy atom. The molecule has 0 aliphatic carbocycles. The zero-order valence-electron chi connectivity index (χ0n) is 16.8. The van der Waals surface area contributed by atoms with Gasteiger partial charge >= 0.3 is 0 Å². The van der Waals surface area contributed by atoms with Crippen LogP contribution < -0.4 is 10.5 Å². The van der Waals surface area contributed by atoms with Crippen molar-refractivity contribution in [3.05, 3.63) is 65.5 Å². The summed E-state index contributed by atoms with van der Waals surface area (Å²) in [6.45, 7) is 2.12. The van der Waals surface area contributed by atoms with Crippen LogP contribution in [0.15, 0.2) is 48.5 Å². The molecule has 2 N–H and O–H groups in total. The Labute approximate surface area is 175 Å². The maximum atomic E-state index is 14.4. The largest absolute Gasteiger partial charge is 0.484 e. The number of carbonyl (C=O) groups is 2. The highest BCUT2D eigenvalue weighted by atomic mass is 19.1. The van der Waals surface area contributed by atoms with Gasteiger partial charge in [0.25, 0.3) is 0 Å². The number of fused-ring (bicyclic) bond motifs is 1. The van der Waals surface area contributed by atoms with Crippen molar-refractivity contribution in [2.75, 3.05) is 19.6 Å².